The van der Waals surface area contributed by atoms with E-state index in [4.69, 9.17) is 0 Å². The number of hydrogen-bond acceptors (Lipinski definition) is 0. The molecule has 94 valence electrons. The predicted octanol–water partition coefficient (Wildman–Crippen LogP) is 4.82. The Morgan fingerprint density at radius 1 is 0.833 bits per heavy atom. The Hall–Kier alpha value is -1.84. The summed E-state index contributed by atoms with van der Waals surface area (Å²) in [5, 5.41) is 0. The monoisotopic (exact) mass is 254 g/mol. The average molecular weight is 254 g/mol. The molecule has 0 spiro atoms. The summed E-state index contributed by atoms with van der Waals surface area (Å²) in [6.07, 6.45) is -4.37. The van der Waals surface area contributed by atoms with E-state index in [0.717, 1.165) is 12.1 Å². The molecule has 0 N–H and O–H groups in total. The number of alkyl halides is 3. The second kappa shape index (κ2) is 4.44. The Labute approximate surface area is 102 Å². The van der Waals surface area contributed by atoms with Gasteiger partial charge in [-0.3, -0.25) is 0 Å². The molecule has 0 heterocycles. The number of rotatable bonds is 1. The molecule has 0 fully saturated rings. The minimum absolute atomic E-state index is 0.414. The van der Waals surface area contributed by atoms with Crippen LogP contribution in [0.1, 0.15) is 11.1 Å². The molecule has 0 aliphatic carbocycles. The summed E-state index contributed by atoms with van der Waals surface area (Å²) in [6.45, 7) is 1.60. The van der Waals surface area contributed by atoms with Crippen LogP contribution in [0.3, 0.4) is 0 Å². The summed E-state index contributed by atoms with van der Waals surface area (Å²) < 4.78 is 50.8. The van der Waals surface area contributed by atoms with Crippen LogP contribution in [0, 0.1) is 12.7 Å². The fraction of sp³-hybridized carbons (Fsp3) is 0.143. The molecule has 0 atom stereocenters. The Kier molecular flexibility index (Phi) is 3.11. The van der Waals surface area contributed by atoms with E-state index in [2.05, 4.69) is 0 Å². The minimum atomic E-state index is -4.37. The van der Waals surface area contributed by atoms with Gasteiger partial charge in [0.1, 0.15) is 5.82 Å². The highest BCUT2D eigenvalue weighted by molar-refractivity contribution is 5.65. The molecule has 0 amide bonds. The SMILES string of the molecule is Cc1cc(-c2ccc(F)cc2)cc(C(F)(F)F)c1. The van der Waals surface area contributed by atoms with E-state index in [9.17, 15) is 17.6 Å². The van der Waals surface area contributed by atoms with Crippen molar-refractivity contribution < 1.29 is 17.6 Å². The topological polar surface area (TPSA) is 0 Å². The summed E-state index contributed by atoms with van der Waals surface area (Å²) in [7, 11) is 0. The third kappa shape index (κ3) is 2.70. The number of benzene rings is 2. The molecule has 2 aromatic rings. The Morgan fingerprint density at radius 3 is 2.00 bits per heavy atom. The molecule has 0 radical (unpaired) electrons. The maximum atomic E-state index is 12.8. The Bertz CT molecular complexity index is 553. The van der Waals surface area contributed by atoms with Crippen LogP contribution >= 0.6 is 0 Å². The third-order valence-corrected chi connectivity index (χ3v) is 2.58. The molecule has 0 aromatic heterocycles. The number of hydrogen-bond donors (Lipinski definition) is 0. The van der Waals surface area contributed by atoms with Gasteiger partial charge in [0.05, 0.1) is 5.56 Å². The fourth-order valence-corrected chi connectivity index (χ4v) is 1.76. The van der Waals surface area contributed by atoms with Crippen LogP contribution in [0.4, 0.5) is 17.6 Å². The maximum absolute atomic E-state index is 12.8. The van der Waals surface area contributed by atoms with Crippen molar-refractivity contribution in [3.8, 4) is 11.1 Å². The third-order valence-electron chi connectivity index (χ3n) is 2.58. The average Bonchev–Trinajstić information content (AvgIpc) is 2.28. The summed E-state index contributed by atoms with van der Waals surface area (Å²) in [6, 6.07) is 9.18. The highest BCUT2D eigenvalue weighted by Crippen LogP contribution is 2.33. The molecule has 0 saturated carbocycles. The lowest BCUT2D eigenvalue weighted by Gasteiger charge is -2.10. The zero-order valence-electron chi connectivity index (χ0n) is 9.55. The zero-order valence-corrected chi connectivity index (χ0v) is 9.55. The van der Waals surface area contributed by atoms with Crippen molar-refractivity contribution in [1.82, 2.24) is 0 Å². The van der Waals surface area contributed by atoms with Crippen molar-refractivity contribution in [3.05, 3.63) is 59.4 Å². The van der Waals surface area contributed by atoms with E-state index in [1.807, 2.05) is 0 Å². The largest absolute Gasteiger partial charge is 0.416 e. The van der Waals surface area contributed by atoms with Crippen molar-refractivity contribution in [1.29, 1.82) is 0 Å². The minimum Gasteiger partial charge on any atom is -0.207 e. The van der Waals surface area contributed by atoms with E-state index in [1.165, 1.54) is 24.3 Å². The van der Waals surface area contributed by atoms with Gasteiger partial charge in [0, 0.05) is 0 Å². The molecule has 4 heteroatoms. The summed E-state index contributed by atoms with van der Waals surface area (Å²) >= 11 is 0. The van der Waals surface area contributed by atoms with E-state index in [0.29, 0.717) is 16.7 Å². The van der Waals surface area contributed by atoms with Crippen LogP contribution in [-0.2, 0) is 6.18 Å². The first-order valence-electron chi connectivity index (χ1n) is 5.31. The van der Waals surface area contributed by atoms with Crippen LogP contribution in [0.2, 0.25) is 0 Å². The van der Waals surface area contributed by atoms with E-state index in [-0.39, 0.29) is 0 Å². The summed E-state index contributed by atoms with van der Waals surface area (Å²) in [5.41, 5.74) is 0.818. The van der Waals surface area contributed by atoms with Crippen LogP contribution in [0.15, 0.2) is 42.5 Å². The molecule has 0 aliphatic rings. The quantitative estimate of drug-likeness (QED) is 0.640. The van der Waals surface area contributed by atoms with Gasteiger partial charge in [-0.05, 0) is 47.9 Å². The van der Waals surface area contributed by atoms with Gasteiger partial charge in [-0.2, -0.15) is 13.2 Å². The van der Waals surface area contributed by atoms with Crippen molar-refractivity contribution >= 4 is 0 Å². The van der Waals surface area contributed by atoms with Gasteiger partial charge >= 0.3 is 6.18 Å². The molecular formula is C14H10F4. The van der Waals surface area contributed by atoms with Gasteiger partial charge in [-0.1, -0.05) is 18.2 Å². The number of halogens is 4. The second-order valence-corrected chi connectivity index (χ2v) is 4.09. The molecule has 2 rings (SSSR count). The van der Waals surface area contributed by atoms with Gasteiger partial charge in [-0.15, -0.1) is 0 Å². The Balaban J connectivity index is 2.52. The van der Waals surface area contributed by atoms with Crippen LogP contribution < -0.4 is 0 Å². The Morgan fingerprint density at radius 2 is 1.44 bits per heavy atom. The van der Waals surface area contributed by atoms with E-state index < -0.39 is 17.6 Å². The number of aryl methyl sites for hydroxylation is 1. The molecule has 0 aliphatic heterocycles. The molecule has 0 bridgehead atoms. The molecule has 0 unspecified atom stereocenters. The van der Waals surface area contributed by atoms with Crippen molar-refractivity contribution in [2.24, 2.45) is 0 Å². The summed E-state index contributed by atoms with van der Waals surface area (Å²) in [4.78, 5) is 0. The highest BCUT2D eigenvalue weighted by Gasteiger charge is 2.30. The first kappa shape index (κ1) is 12.6. The van der Waals surface area contributed by atoms with Gasteiger partial charge in [-0.25, -0.2) is 4.39 Å². The molecule has 0 saturated heterocycles. The smallest absolute Gasteiger partial charge is 0.207 e. The molecule has 2 aromatic carbocycles. The highest BCUT2D eigenvalue weighted by atomic mass is 19.4. The second-order valence-electron chi connectivity index (χ2n) is 4.09. The van der Waals surface area contributed by atoms with Crippen molar-refractivity contribution in [2.75, 3.05) is 0 Å². The lowest BCUT2D eigenvalue weighted by atomic mass is 10.00. The molecule has 18 heavy (non-hydrogen) atoms. The predicted molar refractivity (Wildman–Crippen MR) is 61.6 cm³/mol. The van der Waals surface area contributed by atoms with Crippen molar-refractivity contribution in [3.63, 3.8) is 0 Å². The first-order valence-corrected chi connectivity index (χ1v) is 5.31. The van der Waals surface area contributed by atoms with Gasteiger partial charge < -0.3 is 0 Å². The van der Waals surface area contributed by atoms with Gasteiger partial charge in [0.25, 0.3) is 0 Å². The van der Waals surface area contributed by atoms with Gasteiger partial charge in [0.15, 0.2) is 0 Å². The van der Waals surface area contributed by atoms with E-state index in [1.54, 1.807) is 13.0 Å². The van der Waals surface area contributed by atoms with E-state index >= 15 is 0 Å². The van der Waals surface area contributed by atoms with Gasteiger partial charge in [0.2, 0.25) is 0 Å². The maximum Gasteiger partial charge on any atom is 0.416 e. The molecule has 0 nitrogen and oxygen atoms in total. The standard InChI is InChI=1S/C14H10F4/c1-9-6-11(8-12(7-9)14(16,17)18)10-2-4-13(15)5-3-10/h2-8H,1H3. The lowest BCUT2D eigenvalue weighted by molar-refractivity contribution is -0.137. The lowest BCUT2D eigenvalue weighted by Crippen LogP contribution is -2.05. The van der Waals surface area contributed by atoms with Crippen molar-refractivity contribution in [2.45, 2.75) is 13.1 Å². The normalized spacial score (nSPS) is 11.6. The summed E-state index contributed by atoms with van der Waals surface area (Å²) in [5.74, 6) is -0.414. The van der Waals surface area contributed by atoms with Crippen LogP contribution in [-0.4, -0.2) is 0 Å². The first-order chi connectivity index (χ1) is 8.36. The molecular weight excluding hydrogens is 244 g/mol. The van der Waals surface area contributed by atoms with Crippen LogP contribution in [0.25, 0.3) is 11.1 Å². The fourth-order valence-electron chi connectivity index (χ4n) is 1.76. The zero-order chi connectivity index (χ0) is 13.3. The van der Waals surface area contributed by atoms with Crippen LogP contribution in [0.5, 0.6) is 0 Å².